The minimum atomic E-state index is 0.479. The van der Waals surface area contributed by atoms with Crippen molar-refractivity contribution in [3.05, 3.63) is 23.4 Å². The number of methoxy groups -OCH3 is 1. The molecule has 0 amide bonds. The van der Waals surface area contributed by atoms with Gasteiger partial charge in [0.15, 0.2) is 0 Å². The molecular weight excluding hydrogens is 250 g/mol. The van der Waals surface area contributed by atoms with Crippen molar-refractivity contribution in [2.45, 2.75) is 40.3 Å². The quantitative estimate of drug-likeness (QED) is 0.742. The van der Waals surface area contributed by atoms with Crippen LogP contribution in [0.3, 0.4) is 0 Å². The average Bonchev–Trinajstić information content (AvgIpc) is 2.42. The molecule has 1 aromatic rings. The molecule has 0 aliphatic rings. The monoisotopic (exact) mass is 279 g/mol. The third-order valence-electron chi connectivity index (χ3n) is 3.83. The molecular formula is C16H29N3O. The van der Waals surface area contributed by atoms with Crippen molar-refractivity contribution in [3.8, 4) is 0 Å². The first-order chi connectivity index (χ1) is 9.47. The Morgan fingerprint density at radius 3 is 2.60 bits per heavy atom. The molecule has 0 bridgehead atoms. The molecule has 20 heavy (non-hydrogen) atoms. The Kier molecular flexibility index (Phi) is 6.96. The summed E-state index contributed by atoms with van der Waals surface area (Å²) >= 11 is 0. The van der Waals surface area contributed by atoms with Gasteiger partial charge in [0.1, 0.15) is 5.82 Å². The maximum Gasteiger partial charge on any atom is 0.131 e. The minimum Gasteiger partial charge on any atom is -0.383 e. The Morgan fingerprint density at radius 2 is 2.05 bits per heavy atom. The molecule has 1 N–H and O–H groups in total. The van der Waals surface area contributed by atoms with E-state index in [1.807, 2.05) is 6.20 Å². The molecule has 1 aromatic heterocycles. The molecule has 1 atom stereocenters. The Hall–Kier alpha value is -1.13. The van der Waals surface area contributed by atoms with Crippen LogP contribution in [0.2, 0.25) is 0 Å². The lowest BCUT2D eigenvalue weighted by atomic mass is 10.0. The van der Waals surface area contributed by atoms with E-state index in [4.69, 9.17) is 4.74 Å². The molecule has 0 aliphatic carbocycles. The van der Waals surface area contributed by atoms with Gasteiger partial charge >= 0.3 is 0 Å². The van der Waals surface area contributed by atoms with Crippen LogP contribution >= 0.6 is 0 Å². The van der Waals surface area contributed by atoms with Crippen LogP contribution in [0.4, 0.5) is 5.82 Å². The Bertz CT molecular complexity index is 407. The van der Waals surface area contributed by atoms with Crippen LogP contribution in [0.15, 0.2) is 12.3 Å². The first-order valence-corrected chi connectivity index (χ1v) is 7.35. The number of hydrogen-bond acceptors (Lipinski definition) is 4. The maximum absolute atomic E-state index is 5.02. The van der Waals surface area contributed by atoms with Crippen molar-refractivity contribution < 1.29 is 4.74 Å². The normalized spacial score (nSPS) is 12.8. The highest BCUT2D eigenvalue weighted by Crippen LogP contribution is 2.21. The topological polar surface area (TPSA) is 37.4 Å². The lowest BCUT2D eigenvalue weighted by Gasteiger charge is -2.30. The molecule has 0 aromatic carbocycles. The van der Waals surface area contributed by atoms with Gasteiger partial charge in [0, 0.05) is 39.5 Å². The van der Waals surface area contributed by atoms with E-state index in [2.05, 4.69) is 56.0 Å². The van der Waals surface area contributed by atoms with Crippen molar-refractivity contribution in [1.29, 1.82) is 0 Å². The van der Waals surface area contributed by atoms with Gasteiger partial charge in [-0.25, -0.2) is 4.98 Å². The predicted molar refractivity (Wildman–Crippen MR) is 85.3 cm³/mol. The zero-order chi connectivity index (χ0) is 15.1. The second-order valence-electron chi connectivity index (χ2n) is 5.75. The zero-order valence-electron chi connectivity index (χ0n) is 13.7. The van der Waals surface area contributed by atoms with E-state index >= 15 is 0 Å². The number of rotatable bonds is 8. The molecule has 0 spiro atoms. The molecule has 0 aliphatic heterocycles. The third kappa shape index (κ3) is 4.76. The molecule has 0 fully saturated rings. The highest BCUT2D eigenvalue weighted by Gasteiger charge is 2.16. The summed E-state index contributed by atoms with van der Waals surface area (Å²) in [5, 5.41) is 3.34. The van der Waals surface area contributed by atoms with Gasteiger partial charge in [-0.2, -0.15) is 0 Å². The highest BCUT2D eigenvalue weighted by atomic mass is 16.5. The molecule has 1 rings (SSSR count). The molecule has 1 heterocycles. The van der Waals surface area contributed by atoms with Crippen molar-refractivity contribution in [2.75, 3.05) is 32.2 Å². The summed E-state index contributed by atoms with van der Waals surface area (Å²) in [6, 6.07) is 2.69. The van der Waals surface area contributed by atoms with Crippen molar-refractivity contribution >= 4 is 5.82 Å². The molecule has 1 unspecified atom stereocenters. The number of hydrogen-bond donors (Lipinski definition) is 1. The van der Waals surface area contributed by atoms with E-state index in [1.165, 1.54) is 11.1 Å². The number of pyridine rings is 1. The number of nitrogens with zero attached hydrogens (tertiary/aromatic N) is 2. The van der Waals surface area contributed by atoms with Crippen molar-refractivity contribution in [3.63, 3.8) is 0 Å². The summed E-state index contributed by atoms with van der Waals surface area (Å²) in [5.41, 5.74) is 2.44. The fraction of sp³-hybridized carbons (Fsp3) is 0.688. The van der Waals surface area contributed by atoms with Gasteiger partial charge in [0.25, 0.3) is 0 Å². The number of nitrogens with one attached hydrogen (secondary N) is 1. The van der Waals surface area contributed by atoms with Crippen LogP contribution in [0, 0.1) is 12.8 Å². The second-order valence-corrected chi connectivity index (χ2v) is 5.75. The van der Waals surface area contributed by atoms with Crippen LogP contribution < -0.4 is 10.2 Å². The summed E-state index contributed by atoms with van der Waals surface area (Å²) in [7, 11) is 3.84. The lowest BCUT2D eigenvalue weighted by Crippen LogP contribution is -2.34. The largest absolute Gasteiger partial charge is 0.383 e. The molecule has 0 saturated heterocycles. The SMILES string of the molecule is COCCNCc1cnc(N(C)C(C)C(C)C)c(C)c1. The van der Waals surface area contributed by atoms with Crippen LogP contribution in [-0.4, -0.2) is 38.3 Å². The predicted octanol–water partition coefficient (Wildman–Crippen LogP) is 2.61. The molecule has 0 radical (unpaired) electrons. The van der Waals surface area contributed by atoms with E-state index in [-0.39, 0.29) is 0 Å². The highest BCUT2D eigenvalue weighted by molar-refractivity contribution is 5.47. The van der Waals surface area contributed by atoms with E-state index in [0.717, 1.165) is 25.5 Å². The van der Waals surface area contributed by atoms with E-state index in [1.54, 1.807) is 7.11 Å². The van der Waals surface area contributed by atoms with Crippen molar-refractivity contribution in [1.82, 2.24) is 10.3 Å². The van der Waals surface area contributed by atoms with Crippen LogP contribution in [0.25, 0.3) is 0 Å². The molecule has 0 saturated carbocycles. The minimum absolute atomic E-state index is 0.479. The summed E-state index contributed by atoms with van der Waals surface area (Å²) in [4.78, 5) is 6.90. The van der Waals surface area contributed by atoms with Gasteiger partial charge in [0.05, 0.1) is 6.61 Å². The standard InChI is InChI=1S/C16H29N3O/c1-12(2)14(4)19(5)16-13(3)9-15(11-18-16)10-17-7-8-20-6/h9,11-12,14,17H,7-8,10H2,1-6H3. The van der Waals surface area contributed by atoms with Gasteiger partial charge in [-0.1, -0.05) is 13.8 Å². The Balaban J connectivity index is 2.68. The summed E-state index contributed by atoms with van der Waals surface area (Å²) in [5.74, 6) is 1.68. The zero-order valence-corrected chi connectivity index (χ0v) is 13.7. The number of aromatic nitrogens is 1. The number of aryl methyl sites for hydroxylation is 1. The van der Waals surface area contributed by atoms with Gasteiger partial charge in [-0.15, -0.1) is 0 Å². The fourth-order valence-corrected chi connectivity index (χ4v) is 2.14. The van der Waals surface area contributed by atoms with Gasteiger partial charge in [-0.05, 0) is 37.0 Å². The van der Waals surface area contributed by atoms with E-state index < -0.39 is 0 Å². The first-order valence-electron chi connectivity index (χ1n) is 7.35. The third-order valence-corrected chi connectivity index (χ3v) is 3.83. The van der Waals surface area contributed by atoms with Crippen LogP contribution in [0.5, 0.6) is 0 Å². The fourth-order valence-electron chi connectivity index (χ4n) is 2.14. The van der Waals surface area contributed by atoms with Gasteiger partial charge in [0.2, 0.25) is 0 Å². The van der Waals surface area contributed by atoms with E-state index in [9.17, 15) is 0 Å². The molecule has 4 heteroatoms. The lowest BCUT2D eigenvalue weighted by molar-refractivity contribution is 0.199. The summed E-state index contributed by atoms with van der Waals surface area (Å²) < 4.78 is 5.02. The second kappa shape index (κ2) is 8.22. The first kappa shape index (κ1) is 16.9. The Labute approximate surface area is 123 Å². The van der Waals surface area contributed by atoms with Crippen LogP contribution in [0.1, 0.15) is 31.9 Å². The van der Waals surface area contributed by atoms with Gasteiger partial charge < -0.3 is 15.0 Å². The Morgan fingerprint density at radius 1 is 1.35 bits per heavy atom. The summed E-state index contributed by atoms with van der Waals surface area (Å²) in [6.07, 6.45) is 1.96. The average molecular weight is 279 g/mol. The number of ether oxygens (including phenoxy) is 1. The van der Waals surface area contributed by atoms with Gasteiger partial charge in [-0.3, -0.25) is 0 Å². The summed E-state index contributed by atoms with van der Waals surface area (Å²) in [6.45, 7) is 11.3. The van der Waals surface area contributed by atoms with E-state index in [0.29, 0.717) is 12.0 Å². The number of anilines is 1. The molecule has 114 valence electrons. The molecule has 4 nitrogen and oxygen atoms in total. The van der Waals surface area contributed by atoms with Crippen LogP contribution in [-0.2, 0) is 11.3 Å². The smallest absolute Gasteiger partial charge is 0.131 e. The van der Waals surface area contributed by atoms with Crippen molar-refractivity contribution in [2.24, 2.45) is 5.92 Å². The maximum atomic E-state index is 5.02.